The van der Waals surface area contributed by atoms with E-state index in [2.05, 4.69) is 0 Å². The van der Waals surface area contributed by atoms with Crippen molar-refractivity contribution in [2.45, 2.75) is 61.7 Å². The number of carboxylic acids is 1. The van der Waals surface area contributed by atoms with Crippen LogP contribution in [-0.2, 0) is 19.9 Å². The molecule has 1 saturated carbocycles. The number of hydrogen-bond acceptors (Lipinski definition) is 9. The molecule has 31 heavy (non-hydrogen) atoms. The van der Waals surface area contributed by atoms with Gasteiger partial charge >= 0.3 is 5.97 Å². The number of ether oxygens (including phenoxy) is 2. The number of aliphatic hydroxyl groups excluding tert-OH is 3. The summed E-state index contributed by atoms with van der Waals surface area (Å²) in [5.74, 6) is -1.71. The number of hydrogen-bond donors (Lipinski definition) is 6. The van der Waals surface area contributed by atoms with Crippen LogP contribution in [0, 0.1) is 5.92 Å². The molecule has 2 fully saturated rings. The zero-order chi connectivity index (χ0) is 22.9. The molecule has 2 aliphatic rings. The molecule has 10 nitrogen and oxygen atoms in total. The molecule has 174 valence electrons. The van der Waals surface area contributed by atoms with Gasteiger partial charge in [0.2, 0.25) is 0 Å². The smallest absolute Gasteiger partial charge is 0.335 e. The van der Waals surface area contributed by atoms with Gasteiger partial charge in [-0.1, -0.05) is 12.1 Å². The van der Waals surface area contributed by atoms with Crippen molar-refractivity contribution in [3.05, 3.63) is 29.8 Å². The Hall–Kier alpha value is -1.79. The minimum atomic E-state index is -1.78. The topological polar surface area (TPSA) is 160 Å². The van der Waals surface area contributed by atoms with Crippen molar-refractivity contribution < 1.29 is 44.9 Å². The maximum atomic E-state index is 11.5. The summed E-state index contributed by atoms with van der Waals surface area (Å²) in [6, 6.07) is 6.49. The summed E-state index contributed by atoms with van der Waals surface area (Å²) >= 11 is 0. The maximum Gasteiger partial charge on any atom is 0.335 e. The molecule has 3 rings (SSSR count). The Morgan fingerprint density at radius 1 is 1.23 bits per heavy atom. The van der Waals surface area contributed by atoms with Crippen LogP contribution in [0.15, 0.2) is 24.3 Å². The Labute approximate surface area is 180 Å². The Balaban J connectivity index is 1.77. The second kappa shape index (κ2) is 9.37. The summed E-state index contributed by atoms with van der Waals surface area (Å²) in [6.07, 6.45) is -7.74. The molecule has 0 radical (unpaired) electrons. The largest absolute Gasteiger partial charge is 0.508 e. The highest BCUT2D eigenvalue weighted by Crippen LogP contribution is 2.44. The number of carbonyl (C=O) groups is 1. The quantitative estimate of drug-likeness (QED) is 0.330. The SMILES string of the molecule is CN(C)C[C@H]1CC(O[C@@H]2O[C@H](C(=O)O)[C@@H](O)[C@H](O)[C@H]2O)CC[C@]1(O)c1cccc(O)c1. The van der Waals surface area contributed by atoms with E-state index in [-0.39, 0.29) is 11.7 Å². The van der Waals surface area contributed by atoms with Gasteiger partial charge in [-0.05, 0) is 51.1 Å². The summed E-state index contributed by atoms with van der Waals surface area (Å²) in [7, 11) is 3.74. The highest BCUT2D eigenvalue weighted by Gasteiger charge is 2.50. The standard InChI is InChI=1S/C21H31NO9/c1-22(2)10-12-9-14(6-7-21(12,29)11-4-3-5-13(23)8-11)30-20-17(26)15(24)16(25)18(31-20)19(27)28/h3-5,8,12,14-18,20,23-26,29H,6-7,9-10H2,1-2H3,(H,27,28)/t12-,14?,15+,16+,17-,18+,20-,21+/m1/s1. The monoisotopic (exact) mass is 441 g/mol. The summed E-state index contributed by atoms with van der Waals surface area (Å²) in [5, 5.41) is 60.6. The molecule has 8 atom stereocenters. The summed E-state index contributed by atoms with van der Waals surface area (Å²) < 4.78 is 11.0. The minimum absolute atomic E-state index is 0.0545. The zero-order valence-corrected chi connectivity index (χ0v) is 17.5. The van der Waals surface area contributed by atoms with E-state index in [4.69, 9.17) is 9.47 Å². The van der Waals surface area contributed by atoms with Gasteiger partial charge in [0.15, 0.2) is 12.4 Å². The van der Waals surface area contributed by atoms with Crippen molar-refractivity contribution >= 4 is 5.97 Å². The average Bonchev–Trinajstić information content (AvgIpc) is 2.70. The normalized spacial score (nSPS) is 38.9. The van der Waals surface area contributed by atoms with Gasteiger partial charge in [-0.25, -0.2) is 4.79 Å². The molecule has 1 aromatic rings. The molecule has 1 unspecified atom stereocenters. The molecule has 1 heterocycles. The van der Waals surface area contributed by atoms with Crippen LogP contribution < -0.4 is 0 Å². The number of nitrogens with zero attached hydrogens (tertiary/aromatic N) is 1. The van der Waals surface area contributed by atoms with Crippen LogP contribution in [0.25, 0.3) is 0 Å². The van der Waals surface area contributed by atoms with Gasteiger partial charge in [-0.2, -0.15) is 0 Å². The number of aliphatic carboxylic acids is 1. The number of rotatable bonds is 6. The van der Waals surface area contributed by atoms with E-state index in [1.54, 1.807) is 12.1 Å². The van der Waals surface area contributed by atoms with Gasteiger partial charge in [0, 0.05) is 12.5 Å². The Morgan fingerprint density at radius 3 is 2.55 bits per heavy atom. The van der Waals surface area contributed by atoms with E-state index in [0.717, 1.165) is 0 Å². The zero-order valence-electron chi connectivity index (χ0n) is 17.5. The fourth-order valence-electron chi connectivity index (χ4n) is 4.51. The third kappa shape index (κ3) is 5.01. The van der Waals surface area contributed by atoms with E-state index in [1.807, 2.05) is 19.0 Å². The first-order valence-corrected chi connectivity index (χ1v) is 10.3. The van der Waals surface area contributed by atoms with Crippen molar-refractivity contribution in [2.75, 3.05) is 20.6 Å². The van der Waals surface area contributed by atoms with E-state index >= 15 is 0 Å². The van der Waals surface area contributed by atoms with Gasteiger partial charge in [0.1, 0.15) is 24.1 Å². The highest BCUT2D eigenvalue weighted by molar-refractivity contribution is 5.73. The van der Waals surface area contributed by atoms with Crippen molar-refractivity contribution in [3.8, 4) is 5.75 Å². The lowest BCUT2D eigenvalue weighted by Crippen LogP contribution is -2.61. The maximum absolute atomic E-state index is 11.5. The highest BCUT2D eigenvalue weighted by atomic mass is 16.7. The lowest BCUT2D eigenvalue weighted by atomic mass is 9.70. The number of phenols is 1. The van der Waals surface area contributed by atoms with Crippen LogP contribution in [0.3, 0.4) is 0 Å². The van der Waals surface area contributed by atoms with E-state index in [1.165, 1.54) is 12.1 Å². The van der Waals surface area contributed by atoms with Gasteiger partial charge in [-0.3, -0.25) is 0 Å². The van der Waals surface area contributed by atoms with E-state index < -0.39 is 48.4 Å². The average molecular weight is 441 g/mol. The lowest BCUT2D eigenvalue weighted by molar-refractivity contribution is -0.309. The van der Waals surface area contributed by atoms with Crippen LogP contribution in [0.2, 0.25) is 0 Å². The number of phenolic OH excluding ortho intramolecular Hbond substituents is 1. The van der Waals surface area contributed by atoms with Gasteiger partial charge in [0.25, 0.3) is 0 Å². The molecule has 1 saturated heterocycles. The van der Waals surface area contributed by atoms with Gasteiger partial charge < -0.3 is 45.0 Å². The van der Waals surface area contributed by atoms with Gasteiger partial charge in [-0.15, -0.1) is 0 Å². The molecule has 1 aliphatic carbocycles. The third-order valence-electron chi connectivity index (χ3n) is 6.14. The molecule has 0 amide bonds. The fourth-order valence-corrected chi connectivity index (χ4v) is 4.51. The van der Waals surface area contributed by atoms with Crippen LogP contribution in [-0.4, -0.2) is 99.0 Å². The number of benzene rings is 1. The molecule has 0 spiro atoms. The summed E-state index contributed by atoms with van der Waals surface area (Å²) in [6.45, 7) is 0.513. The number of carboxylic acid groups (broad SMARTS) is 1. The first-order valence-electron chi connectivity index (χ1n) is 10.3. The Morgan fingerprint density at radius 2 is 1.94 bits per heavy atom. The fraction of sp³-hybridized carbons (Fsp3) is 0.667. The Bertz CT molecular complexity index is 775. The van der Waals surface area contributed by atoms with Gasteiger partial charge in [0.05, 0.1) is 11.7 Å². The van der Waals surface area contributed by atoms with Crippen LogP contribution in [0.4, 0.5) is 0 Å². The second-order valence-electron chi connectivity index (χ2n) is 8.70. The molecule has 0 bridgehead atoms. The molecule has 1 aromatic carbocycles. The van der Waals surface area contributed by atoms with Crippen LogP contribution in [0.5, 0.6) is 5.75 Å². The van der Waals surface area contributed by atoms with E-state index in [9.17, 15) is 35.4 Å². The lowest BCUT2D eigenvalue weighted by Gasteiger charge is -2.46. The van der Waals surface area contributed by atoms with Crippen molar-refractivity contribution in [3.63, 3.8) is 0 Å². The van der Waals surface area contributed by atoms with Crippen molar-refractivity contribution in [2.24, 2.45) is 5.92 Å². The molecular formula is C21H31NO9. The number of aromatic hydroxyl groups is 1. The molecule has 10 heteroatoms. The minimum Gasteiger partial charge on any atom is -0.508 e. The molecule has 6 N–H and O–H groups in total. The summed E-state index contributed by atoms with van der Waals surface area (Å²) in [5.41, 5.74) is -0.620. The summed E-state index contributed by atoms with van der Waals surface area (Å²) in [4.78, 5) is 13.2. The Kier molecular flexibility index (Phi) is 7.21. The van der Waals surface area contributed by atoms with Crippen molar-refractivity contribution in [1.29, 1.82) is 0 Å². The number of aliphatic hydroxyl groups is 4. The molecular weight excluding hydrogens is 410 g/mol. The second-order valence-corrected chi connectivity index (χ2v) is 8.70. The van der Waals surface area contributed by atoms with Crippen LogP contribution >= 0.6 is 0 Å². The van der Waals surface area contributed by atoms with E-state index in [0.29, 0.717) is 31.4 Å². The molecule has 0 aromatic heterocycles. The molecule has 1 aliphatic heterocycles. The van der Waals surface area contributed by atoms with Crippen molar-refractivity contribution in [1.82, 2.24) is 4.90 Å². The first kappa shape index (κ1) is 23.9. The first-order chi connectivity index (χ1) is 14.5. The van der Waals surface area contributed by atoms with Crippen LogP contribution in [0.1, 0.15) is 24.8 Å². The predicted octanol–water partition coefficient (Wildman–Crippen LogP) is -0.781. The third-order valence-corrected chi connectivity index (χ3v) is 6.14. The predicted molar refractivity (Wildman–Crippen MR) is 107 cm³/mol.